The minimum atomic E-state index is -3.31. The Morgan fingerprint density at radius 3 is 2.97 bits per heavy atom. The molecule has 0 bridgehead atoms. The third-order valence-corrected chi connectivity index (χ3v) is 5.48. The van der Waals surface area contributed by atoms with E-state index in [2.05, 4.69) is 4.98 Å². The van der Waals surface area contributed by atoms with Crippen LogP contribution in [0.3, 0.4) is 0 Å². The van der Waals surface area contributed by atoms with Crippen molar-refractivity contribution in [3.05, 3.63) is 59.3 Å². The number of para-hydroxylation sites is 1. The van der Waals surface area contributed by atoms with Gasteiger partial charge in [-0.25, -0.2) is 0 Å². The summed E-state index contributed by atoms with van der Waals surface area (Å²) in [7, 11) is 0. The number of hydrogen-bond acceptors (Lipinski definition) is 4. The Balaban J connectivity index is 1.61. The van der Waals surface area contributed by atoms with Crippen molar-refractivity contribution in [2.45, 2.75) is 18.5 Å². The van der Waals surface area contributed by atoms with Crippen molar-refractivity contribution in [2.24, 2.45) is 0 Å². The molecule has 6 rings (SSSR count). The topological polar surface area (TPSA) is 74.9 Å². The molecular weight excluding hydrogens is 370 g/mol. The number of nitrogens with zero attached hydrogens (tertiary/aromatic N) is 2. The number of rotatable bonds is 1. The number of ether oxygens (including phenoxy) is 2. The number of carbonyl (C=O) groups is 2. The number of aromatic amines is 1. The highest BCUT2D eigenvalue weighted by Crippen LogP contribution is 2.44. The normalized spacial score (nSPS) is 33.3. The average Bonchev–Trinajstić information content (AvgIpc) is 3.30. The summed E-state index contributed by atoms with van der Waals surface area (Å²) in [5.41, 5.74) is 1.86. The lowest BCUT2D eigenvalue weighted by molar-refractivity contribution is -0.157. The van der Waals surface area contributed by atoms with Gasteiger partial charge < -0.3 is 24.3 Å². The van der Waals surface area contributed by atoms with E-state index in [0.29, 0.717) is 22.2 Å². The number of carbonyl (C=O) groups excluding carboxylic acids is 2. The molecule has 1 fully saturated rings. The summed E-state index contributed by atoms with van der Waals surface area (Å²) in [5, 5.41) is 0.667. The summed E-state index contributed by atoms with van der Waals surface area (Å²) in [6, 6.07) is 7.68. The Hall–Kier alpha value is -3.48. The van der Waals surface area contributed by atoms with Crippen molar-refractivity contribution in [3.63, 3.8) is 0 Å². The number of nitrogens with one attached hydrogen (secondary N) is 1. The second kappa shape index (κ2) is 5.76. The molecule has 1 saturated heterocycles. The lowest BCUT2D eigenvalue weighted by Crippen LogP contribution is -2.62. The molecule has 1 aromatic heterocycles. The molecule has 0 radical (unpaired) electrons. The molecule has 3 aliphatic rings. The fourth-order valence-electron chi connectivity index (χ4n) is 4.22. The van der Waals surface area contributed by atoms with E-state index in [1.54, 1.807) is 24.3 Å². The lowest BCUT2D eigenvalue weighted by Gasteiger charge is -2.46. The van der Waals surface area contributed by atoms with Crippen LogP contribution in [0.1, 0.15) is 33.8 Å². The summed E-state index contributed by atoms with van der Waals surface area (Å²) in [6.07, 6.45) is -0.372. The maximum atomic E-state index is 13.7. The van der Waals surface area contributed by atoms with Crippen LogP contribution in [-0.2, 0) is 16.0 Å². The number of piperazine rings is 1. The quantitative estimate of drug-likeness (QED) is 0.683. The molecule has 1 N–H and O–H groups in total. The Morgan fingerprint density at radius 2 is 2.07 bits per heavy atom. The summed E-state index contributed by atoms with van der Waals surface area (Å²) in [4.78, 5) is 31.2. The molecule has 29 heavy (non-hydrogen) atoms. The number of benzene rings is 2. The zero-order valence-electron chi connectivity index (χ0n) is 22.9. The van der Waals surface area contributed by atoms with Crippen molar-refractivity contribution in [1.29, 1.82) is 0 Å². The summed E-state index contributed by atoms with van der Waals surface area (Å²) < 4.78 is 74.9. The molecule has 0 spiro atoms. The van der Waals surface area contributed by atoms with Crippen LogP contribution in [0.15, 0.2) is 42.5 Å². The van der Waals surface area contributed by atoms with E-state index >= 15 is 0 Å². The van der Waals surface area contributed by atoms with E-state index in [-0.39, 0.29) is 28.4 Å². The number of likely N-dealkylation sites (N-methyl/N-ethyl adjacent to an activating group) is 1. The van der Waals surface area contributed by atoms with E-state index in [9.17, 15) is 11.0 Å². The van der Waals surface area contributed by atoms with E-state index in [1.807, 2.05) is 0 Å². The van der Waals surface area contributed by atoms with Gasteiger partial charge in [0, 0.05) is 34.1 Å². The van der Waals surface area contributed by atoms with Gasteiger partial charge in [-0.05, 0) is 29.3 Å². The van der Waals surface area contributed by atoms with Crippen molar-refractivity contribution >= 4 is 22.7 Å². The van der Waals surface area contributed by atoms with Gasteiger partial charge >= 0.3 is 0 Å². The number of hydrogen-bond donors (Lipinski definition) is 1. The predicted octanol–water partition coefficient (Wildman–Crippen LogP) is 2.21. The van der Waals surface area contributed by atoms with Crippen molar-refractivity contribution in [1.82, 2.24) is 14.8 Å². The monoisotopic (exact) mass is 397 g/mol. The molecule has 3 aliphatic heterocycles. The fourth-order valence-corrected chi connectivity index (χ4v) is 4.22. The van der Waals surface area contributed by atoms with Crippen molar-refractivity contribution < 1.29 is 30.0 Å². The largest absolute Gasteiger partial charge is 0.454 e. The Labute approximate surface area is 178 Å². The molecule has 146 valence electrons. The van der Waals surface area contributed by atoms with Crippen molar-refractivity contribution in [2.75, 3.05) is 20.2 Å². The second-order valence-corrected chi connectivity index (χ2v) is 7.01. The zero-order chi connectivity index (χ0) is 26.7. The molecule has 2 atom stereocenters. The highest BCUT2D eigenvalue weighted by Gasteiger charge is 2.47. The molecule has 0 aliphatic carbocycles. The molecular formula is C22H19N3O4. The maximum absolute atomic E-state index is 13.7. The Kier molecular flexibility index (Phi) is 2.05. The first kappa shape index (κ1) is 10.3. The molecule has 1 unspecified atom stereocenters. The average molecular weight is 397 g/mol. The molecule has 3 aromatic rings. The second-order valence-electron chi connectivity index (χ2n) is 7.01. The van der Waals surface area contributed by atoms with Gasteiger partial charge in [-0.2, -0.15) is 0 Å². The lowest BCUT2D eigenvalue weighted by atomic mass is 9.86. The summed E-state index contributed by atoms with van der Waals surface area (Å²) in [6.45, 7) is -8.99. The third kappa shape index (κ3) is 2.24. The minimum absolute atomic E-state index is 0.0178. The van der Waals surface area contributed by atoms with Gasteiger partial charge in [0.05, 0.1) is 16.7 Å². The highest BCUT2D eigenvalue weighted by atomic mass is 16.7. The number of amides is 2. The molecule has 2 amide bonds. The highest BCUT2D eigenvalue weighted by molar-refractivity contribution is 5.97. The Morgan fingerprint density at radius 1 is 1.21 bits per heavy atom. The van der Waals surface area contributed by atoms with Gasteiger partial charge in [0.25, 0.3) is 0 Å². The van der Waals surface area contributed by atoms with Crippen LogP contribution in [-0.4, -0.2) is 52.8 Å². The smallest absolute Gasteiger partial charge is 0.245 e. The van der Waals surface area contributed by atoms with Gasteiger partial charge in [0.15, 0.2) is 11.5 Å². The summed E-state index contributed by atoms with van der Waals surface area (Å²) >= 11 is 0. The zero-order valence-corrected chi connectivity index (χ0v) is 14.9. The van der Waals surface area contributed by atoms with Gasteiger partial charge in [0.2, 0.25) is 18.6 Å². The van der Waals surface area contributed by atoms with Crippen LogP contribution in [0.4, 0.5) is 0 Å². The van der Waals surface area contributed by atoms with E-state index < -0.39 is 44.1 Å². The predicted molar refractivity (Wildman–Crippen MR) is 105 cm³/mol. The van der Waals surface area contributed by atoms with Gasteiger partial charge in [-0.1, -0.05) is 24.3 Å². The molecule has 7 nitrogen and oxygen atoms in total. The van der Waals surface area contributed by atoms with Crippen LogP contribution in [0.5, 0.6) is 11.5 Å². The first-order valence-electron chi connectivity index (χ1n) is 13.0. The van der Waals surface area contributed by atoms with Gasteiger partial charge in [0.1, 0.15) is 8.76 Å². The van der Waals surface area contributed by atoms with Crippen LogP contribution in [0, 0.1) is 0 Å². The van der Waals surface area contributed by atoms with E-state index in [1.165, 1.54) is 18.2 Å². The van der Waals surface area contributed by atoms with E-state index in [4.69, 9.17) is 19.1 Å². The first-order chi connectivity index (χ1) is 17.1. The maximum Gasteiger partial charge on any atom is 0.245 e. The Bertz CT molecular complexity index is 1500. The standard InChI is InChI=1S/C22H19N3O4/c1-24-10-19(26)25-16(22(24)27)9-14-13-4-2-3-5-15(13)23-20(14)21(25)12-6-7-17-18(8-12)29-11-28-17/h2-8,16,21,23H,9-11H2,1H3/t16-,21?/m1/s1/i1D3,10D2,11D2,16D. The molecule has 7 heteroatoms. The third-order valence-electron chi connectivity index (χ3n) is 5.48. The fraction of sp³-hybridized carbons (Fsp3) is 0.273. The molecule has 0 saturated carbocycles. The van der Waals surface area contributed by atoms with Gasteiger partial charge in [-0.3, -0.25) is 9.59 Å². The molecule has 4 heterocycles. The number of aromatic nitrogens is 1. The van der Waals surface area contributed by atoms with Crippen LogP contribution in [0.2, 0.25) is 0 Å². The van der Waals surface area contributed by atoms with Crippen LogP contribution in [0.25, 0.3) is 10.9 Å². The van der Waals surface area contributed by atoms with Gasteiger partial charge in [-0.15, -0.1) is 0 Å². The minimum Gasteiger partial charge on any atom is -0.454 e. The van der Waals surface area contributed by atoms with Crippen LogP contribution >= 0.6 is 0 Å². The SMILES string of the molecule is [2H]C1([2H])Oc2ccc(C3c4[nH]c5ccccc5c4C[C@]4([2H])C(=O)N(C([2H])([2H])[2H])C([2H])([2H])C(=O)N34)cc2O1. The summed E-state index contributed by atoms with van der Waals surface area (Å²) in [5.74, 6) is -2.61. The first-order valence-corrected chi connectivity index (χ1v) is 8.95. The number of fused-ring (bicyclic) bond motifs is 5. The van der Waals surface area contributed by atoms with Crippen LogP contribution < -0.4 is 9.47 Å². The number of H-pyrrole nitrogens is 1. The molecule has 2 aromatic carbocycles. The van der Waals surface area contributed by atoms with E-state index in [0.717, 1.165) is 4.90 Å². The van der Waals surface area contributed by atoms with Crippen molar-refractivity contribution in [3.8, 4) is 11.5 Å².